The molecule has 2 nitrogen and oxygen atoms in total. The van der Waals surface area contributed by atoms with Crippen LogP contribution in [0.2, 0.25) is 0 Å². The zero-order chi connectivity index (χ0) is 12.1. The number of rotatable bonds is 5. The number of aryl methyl sites for hydroxylation is 1. The van der Waals surface area contributed by atoms with E-state index in [4.69, 9.17) is 10.5 Å². The first-order valence-corrected chi connectivity index (χ1v) is 7.32. The van der Waals surface area contributed by atoms with Crippen molar-refractivity contribution in [3.63, 3.8) is 0 Å². The molecule has 1 aromatic rings. The molecule has 2 N–H and O–H groups in total. The fourth-order valence-electron chi connectivity index (χ4n) is 2.15. The average molecular weight is 251 g/mol. The van der Waals surface area contributed by atoms with Crippen LogP contribution in [0.15, 0.2) is 23.1 Å². The van der Waals surface area contributed by atoms with Gasteiger partial charge in [0.15, 0.2) is 0 Å². The van der Waals surface area contributed by atoms with Crippen molar-refractivity contribution < 1.29 is 4.74 Å². The molecule has 94 valence electrons. The van der Waals surface area contributed by atoms with Crippen LogP contribution in [-0.4, -0.2) is 25.0 Å². The van der Waals surface area contributed by atoms with Crippen LogP contribution < -0.4 is 5.73 Å². The largest absolute Gasteiger partial charge is 0.377 e. The Morgan fingerprint density at radius 2 is 2.35 bits per heavy atom. The topological polar surface area (TPSA) is 35.2 Å². The molecule has 1 fully saturated rings. The summed E-state index contributed by atoms with van der Waals surface area (Å²) < 4.78 is 5.64. The van der Waals surface area contributed by atoms with Gasteiger partial charge in [0.05, 0.1) is 6.10 Å². The zero-order valence-corrected chi connectivity index (χ0v) is 11.3. The summed E-state index contributed by atoms with van der Waals surface area (Å²) in [5.41, 5.74) is 8.27. The molecule has 0 aliphatic carbocycles. The summed E-state index contributed by atoms with van der Waals surface area (Å²) in [5, 5.41) is 0. The minimum Gasteiger partial charge on any atom is -0.377 e. The Balaban J connectivity index is 1.91. The maximum Gasteiger partial charge on any atom is 0.0669 e. The van der Waals surface area contributed by atoms with Gasteiger partial charge in [0.1, 0.15) is 0 Å². The lowest BCUT2D eigenvalue weighted by Gasteiger charge is -2.11. The highest BCUT2D eigenvalue weighted by molar-refractivity contribution is 7.99. The van der Waals surface area contributed by atoms with Gasteiger partial charge < -0.3 is 10.5 Å². The predicted molar refractivity (Wildman–Crippen MR) is 73.6 cm³/mol. The van der Waals surface area contributed by atoms with E-state index in [1.54, 1.807) is 0 Å². The third kappa shape index (κ3) is 3.73. The van der Waals surface area contributed by atoms with Gasteiger partial charge in [-0.05, 0) is 49.9 Å². The van der Waals surface area contributed by atoms with E-state index in [0.717, 1.165) is 25.3 Å². The van der Waals surface area contributed by atoms with Crippen molar-refractivity contribution in [3.8, 4) is 0 Å². The van der Waals surface area contributed by atoms with Crippen LogP contribution in [0.4, 0.5) is 0 Å². The van der Waals surface area contributed by atoms with Gasteiger partial charge in [0.2, 0.25) is 0 Å². The molecule has 1 aliphatic heterocycles. The highest BCUT2D eigenvalue weighted by Gasteiger charge is 2.15. The first-order valence-electron chi connectivity index (χ1n) is 6.33. The summed E-state index contributed by atoms with van der Waals surface area (Å²) in [6.45, 7) is 3.85. The van der Waals surface area contributed by atoms with E-state index in [1.165, 1.54) is 28.9 Å². The van der Waals surface area contributed by atoms with Crippen LogP contribution in [0, 0.1) is 6.92 Å². The molecule has 2 rings (SSSR count). The van der Waals surface area contributed by atoms with Gasteiger partial charge in [-0.25, -0.2) is 0 Å². The monoisotopic (exact) mass is 251 g/mol. The van der Waals surface area contributed by atoms with Gasteiger partial charge in [0, 0.05) is 17.3 Å². The Kier molecular flexibility index (Phi) is 4.89. The lowest BCUT2D eigenvalue weighted by atomic mass is 10.1. The summed E-state index contributed by atoms with van der Waals surface area (Å²) >= 11 is 1.91. The maximum absolute atomic E-state index is 5.64. The fourth-order valence-corrected chi connectivity index (χ4v) is 3.23. The van der Waals surface area contributed by atoms with Crippen LogP contribution in [0.1, 0.15) is 24.0 Å². The zero-order valence-electron chi connectivity index (χ0n) is 10.4. The predicted octanol–water partition coefficient (Wildman–Crippen LogP) is 2.77. The minimum absolute atomic E-state index is 0.461. The molecule has 0 aromatic heterocycles. The van der Waals surface area contributed by atoms with E-state index in [2.05, 4.69) is 25.1 Å². The Hall–Kier alpha value is -0.510. The SMILES string of the molecule is Cc1cc(CCN)ccc1SCC1CCCO1. The molecular formula is C14H21NOS. The maximum atomic E-state index is 5.64. The van der Waals surface area contributed by atoms with E-state index in [-0.39, 0.29) is 0 Å². The fraction of sp³-hybridized carbons (Fsp3) is 0.571. The smallest absolute Gasteiger partial charge is 0.0669 e. The first-order chi connectivity index (χ1) is 8.29. The van der Waals surface area contributed by atoms with Gasteiger partial charge in [-0.1, -0.05) is 12.1 Å². The van der Waals surface area contributed by atoms with E-state index in [0.29, 0.717) is 6.10 Å². The third-order valence-electron chi connectivity index (χ3n) is 3.12. The molecule has 0 saturated carbocycles. The van der Waals surface area contributed by atoms with Crippen LogP contribution >= 0.6 is 11.8 Å². The molecular weight excluding hydrogens is 230 g/mol. The first kappa shape index (κ1) is 12.9. The number of ether oxygens (including phenoxy) is 1. The Morgan fingerprint density at radius 1 is 1.47 bits per heavy atom. The van der Waals surface area contributed by atoms with E-state index < -0.39 is 0 Å². The van der Waals surface area contributed by atoms with Crippen LogP contribution in [-0.2, 0) is 11.2 Å². The van der Waals surface area contributed by atoms with E-state index in [1.807, 2.05) is 11.8 Å². The summed E-state index contributed by atoms with van der Waals surface area (Å²) in [7, 11) is 0. The Morgan fingerprint density at radius 3 is 3.00 bits per heavy atom. The second kappa shape index (κ2) is 6.43. The molecule has 0 bridgehead atoms. The molecule has 1 unspecified atom stereocenters. The summed E-state index contributed by atoms with van der Waals surface area (Å²) in [6.07, 6.45) is 3.87. The number of hydrogen-bond donors (Lipinski definition) is 1. The number of benzene rings is 1. The second-order valence-electron chi connectivity index (χ2n) is 4.58. The van der Waals surface area contributed by atoms with Gasteiger partial charge in [-0.15, -0.1) is 11.8 Å². The molecule has 1 aromatic carbocycles. The van der Waals surface area contributed by atoms with Crippen molar-refractivity contribution in [3.05, 3.63) is 29.3 Å². The van der Waals surface area contributed by atoms with Crippen molar-refractivity contribution in [2.75, 3.05) is 18.9 Å². The highest BCUT2D eigenvalue weighted by atomic mass is 32.2. The van der Waals surface area contributed by atoms with Crippen molar-refractivity contribution in [2.24, 2.45) is 5.73 Å². The van der Waals surface area contributed by atoms with Crippen molar-refractivity contribution in [2.45, 2.75) is 37.2 Å². The normalized spacial score (nSPS) is 19.8. The molecule has 1 heterocycles. The van der Waals surface area contributed by atoms with Gasteiger partial charge in [0.25, 0.3) is 0 Å². The van der Waals surface area contributed by atoms with Gasteiger partial charge >= 0.3 is 0 Å². The Bertz CT molecular complexity index is 361. The van der Waals surface area contributed by atoms with Gasteiger partial charge in [-0.3, -0.25) is 0 Å². The third-order valence-corrected chi connectivity index (χ3v) is 4.43. The van der Waals surface area contributed by atoms with E-state index in [9.17, 15) is 0 Å². The lowest BCUT2D eigenvalue weighted by molar-refractivity contribution is 0.129. The molecule has 1 aliphatic rings. The number of thioether (sulfide) groups is 1. The minimum atomic E-state index is 0.461. The van der Waals surface area contributed by atoms with Crippen molar-refractivity contribution >= 4 is 11.8 Å². The quantitative estimate of drug-likeness (QED) is 0.817. The molecule has 0 spiro atoms. The van der Waals surface area contributed by atoms with E-state index >= 15 is 0 Å². The number of nitrogens with two attached hydrogens (primary N) is 1. The molecule has 17 heavy (non-hydrogen) atoms. The molecule has 1 saturated heterocycles. The second-order valence-corrected chi connectivity index (χ2v) is 5.65. The molecule has 1 atom stereocenters. The summed E-state index contributed by atoms with van der Waals surface area (Å²) in [6, 6.07) is 6.67. The molecule has 3 heteroatoms. The average Bonchev–Trinajstić information content (AvgIpc) is 2.81. The lowest BCUT2D eigenvalue weighted by Crippen LogP contribution is -2.08. The molecule has 0 amide bonds. The van der Waals surface area contributed by atoms with Crippen LogP contribution in [0.25, 0.3) is 0 Å². The standard InChI is InChI=1S/C14H21NOS/c1-11-9-12(6-7-15)4-5-14(11)17-10-13-3-2-8-16-13/h4-5,9,13H,2-3,6-8,10,15H2,1H3. The Labute approximate surface area is 108 Å². The highest BCUT2D eigenvalue weighted by Crippen LogP contribution is 2.27. The molecule has 0 radical (unpaired) electrons. The summed E-state index contributed by atoms with van der Waals surface area (Å²) in [5.74, 6) is 1.08. The van der Waals surface area contributed by atoms with Crippen molar-refractivity contribution in [1.29, 1.82) is 0 Å². The summed E-state index contributed by atoms with van der Waals surface area (Å²) in [4.78, 5) is 1.38. The van der Waals surface area contributed by atoms with Crippen LogP contribution in [0.5, 0.6) is 0 Å². The van der Waals surface area contributed by atoms with Gasteiger partial charge in [-0.2, -0.15) is 0 Å². The van der Waals surface area contributed by atoms with Crippen LogP contribution in [0.3, 0.4) is 0 Å². The van der Waals surface area contributed by atoms with Crippen molar-refractivity contribution in [1.82, 2.24) is 0 Å². The number of hydrogen-bond acceptors (Lipinski definition) is 3.